The van der Waals surface area contributed by atoms with Gasteiger partial charge in [0.05, 0.1) is 7.11 Å². The van der Waals surface area contributed by atoms with E-state index in [0.29, 0.717) is 13.1 Å². The number of hydrogen-bond donors (Lipinski definition) is 1. The van der Waals surface area contributed by atoms with Crippen LogP contribution in [0.5, 0.6) is 5.75 Å². The minimum Gasteiger partial charge on any atom is -0.497 e. The van der Waals surface area contributed by atoms with Gasteiger partial charge in [-0.1, -0.05) is 18.2 Å². The molecule has 0 radical (unpaired) electrons. The molecule has 3 amide bonds. The normalized spacial score (nSPS) is 20.4. The van der Waals surface area contributed by atoms with Gasteiger partial charge in [-0.2, -0.15) is 0 Å². The number of rotatable bonds is 5. The monoisotopic (exact) mass is 343 g/mol. The van der Waals surface area contributed by atoms with Gasteiger partial charge in [0.1, 0.15) is 11.3 Å². The first-order valence-corrected chi connectivity index (χ1v) is 8.60. The molecule has 6 nitrogen and oxygen atoms in total. The van der Waals surface area contributed by atoms with Crippen molar-refractivity contribution in [2.75, 3.05) is 33.3 Å². The summed E-state index contributed by atoms with van der Waals surface area (Å²) in [6.07, 6.45) is 3.18. The Hall–Kier alpha value is -2.34. The van der Waals surface area contributed by atoms with Crippen molar-refractivity contribution in [3.63, 3.8) is 0 Å². The second-order valence-electron chi connectivity index (χ2n) is 7.02. The number of amides is 3. The molecule has 0 aromatic heterocycles. The Bertz CT molecular complexity index is 694. The minimum absolute atomic E-state index is 0.149. The molecule has 0 unspecified atom stereocenters. The molecule has 0 spiro atoms. The molecule has 1 aromatic carbocycles. The lowest BCUT2D eigenvalue weighted by atomic mass is 9.99. The van der Waals surface area contributed by atoms with Crippen molar-refractivity contribution in [1.29, 1.82) is 0 Å². The number of carbonyl (C=O) groups is 2. The summed E-state index contributed by atoms with van der Waals surface area (Å²) in [7, 11) is 1.67. The van der Waals surface area contributed by atoms with Gasteiger partial charge in [-0.25, -0.2) is 4.79 Å². The fraction of sp³-hybridized carbons (Fsp3) is 0.474. The smallest absolute Gasteiger partial charge is 0.325 e. The first-order chi connectivity index (χ1) is 11.9. The van der Waals surface area contributed by atoms with E-state index in [1.165, 1.54) is 16.0 Å². The minimum atomic E-state index is -0.791. The lowest BCUT2D eigenvalue weighted by Crippen LogP contribution is -2.42. The van der Waals surface area contributed by atoms with Crippen LogP contribution in [-0.2, 0) is 4.79 Å². The quantitative estimate of drug-likeness (QED) is 0.832. The number of benzene rings is 1. The number of carbonyl (C=O) groups excluding carboxylic acids is 2. The largest absolute Gasteiger partial charge is 0.497 e. The Morgan fingerprint density at radius 1 is 1.16 bits per heavy atom. The number of nitrogens with zero attached hydrogens (tertiary/aromatic N) is 2. The molecule has 0 saturated carbocycles. The fourth-order valence-corrected chi connectivity index (χ4v) is 3.24. The SMILES string of the molecule is COc1ccc(C2=CCN(CCN3C(=O)NC(C)(C)C3=O)CC2)cc1. The van der Waals surface area contributed by atoms with Gasteiger partial charge in [0.25, 0.3) is 5.91 Å². The molecular formula is C19H25N3O3. The van der Waals surface area contributed by atoms with Gasteiger partial charge < -0.3 is 10.1 Å². The second kappa shape index (κ2) is 6.88. The first-order valence-electron chi connectivity index (χ1n) is 8.60. The number of ether oxygens (including phenoxy) is 1. The molecule has 1 saturated heterocycles. The van der Waals surface area contributed by atoms with E-state index in [2.05, 4.69) is 28.4 Å². The highest BCUT2D eigenvalue weighted by Gasteiger charge is 2.43. The van der Waals surface area contributed by atoms with Crippen LogP contribution in [0.4, 0.5) is 4.79 Å². The van der Waals surface area contributed by atoms with Gasteiger partial charge in [0, 0.05) is 26.2 Å². The molecule has 3 rings (SSSR count). The van der Waals surface area contributed by atoms with Crippen LogP contribution in [-0.4, -0.2) is 60.6 Å². The summed E-state index contributed by atoms with van der Waals surface area (Å²) in [6, 6.07) is 7.82. The highest BCUT2D eigenvalue weighted by Crippen LogP contribution is 2.24. The van der Waals surface area contributed by atoms with E-state index in [4.69, 9.17) is 4.74 Å². The van der Waals surface area contributed by atoms with Crippen molar-refractivity contribution in [2.45, 2.75) is 25.8 Å². The zero-order valence-electron chi connectivity index (χ0n) is 15.0. The van der Waals surface area contributed by atoms with Gasteiger partial charge in [-0.05, 0) is 43.5 Å². The van der Waals surface area contributed by atoms with E-state index < -0.39 is 5.54 Å². The lowest BCUT2D eigenvalue weighted by molar-refractivity contribution is -0.130. The Labute approximate surface area is 148 Å². The van der Waals surface area contributed by atoms with Crippen LogP contribution in [0, 0.1) is 0 Å². The number of nitrogens with one attached hydrogen (secondary N) is 1. The van der Waals surface area contributed by atoms with Gasteiger partial charge >= 0.3 is 6.03 Å². The summed E-state index contributed by atoms with van der Waals surface area (Å²) in [6.45, 7) is 6.34. The summed E-state index contributed by atoms with van der Waals surface area (Å²) in [5.41, 5.74) is 1.76. The van der Waals surface area contributed by atoms with E-state index in [-0.39, 0.29) is 11.9 Å². The molecule has 1 N–H and O–H groups in total. The molecule has 1 fully saturated rings. The third-order valence-corrected chi connectivity index (χ3v) is 4.84. The number of imide groups is 1. The van der Waals surface area contributed by atoms with Gasteiger partial charge in [-0.15, -0.1) is 0 Å². The summed E-state index contributed by atoms with van der Waals surface area (Å²) in [4.78, 5) is 27.7. The molecule has 2 aliphatic heterocycles. The van der Waals surface area contributed by atoms with Crippen LogP contribution in [0.1, 0.15) is 25.8 Å². The predicted octanol–water partition coefficient (Wildman–Crippen LogP) is 2.11. The topological polar surface area (TPSA) is 61.9 Å². The average Bonchev–Trinajstić information content (AvgIpc) is 2.81. The van der Waals surface area contributed by atoms with E-state index in [1.807, 2.05) is 12.1 Å². The van der Waals surface area contributed by atoms with E-state index in [9.17, 15) is 9.59 Å². The van der Waals surface area contributed by atoms with Crippen LogP contribution in [0.15, 0.2) is 30.3 Å². The van der Waals surface area contributed by atoms with Crippen molar-refractivity contribution in [3.05, 3.63) is 35.9 Å². The van der Waals surface area contributed by atoms with Crippen LogP contribution < -0.4 is 10.1 Å². The molecule has 134 valence electrons. The molecular weight excluding hydrogens is 318 g/mol. The molecule has 25 heavy (non-hydrogen) atoms. The highest BCUT2D eigenvalue weighted by molar-refractivity contribution is 6.06. The first kappa shape index (κ1) is 17.5. The Morgan fingerprint density at radius 3 is 2.40 bits per heavy atom. The maximum atomic E-state index is 12.2. The molecule has 6 heteroatoms. The molecule has 0 atom stereocenters. The maximum Gasteiger partial charge on any atom is 0.325 e. The zero-order valence-corrected chi connectivity index (χ0v) is 15.0. The zero-order chi connectivity index (χ0) is 18.0. The second-order valence-corrected chi connectivity index (χ2v) is 7.02. The molecule has 1 aromatic rings. The maximum absolute atomic E-state index is 12.2. The van der Waals surface area contributed by atoms with Crippen LogP contribution in [0.3, 0.4) is 0 Å². The molecule has 0 bridgehead atoms. The van der Waals surface area contributed by atoms with Crippen LogP contribution in [0.2, 0.25) is 0 Å². The summed E-state index contributed by atoms with van der Waals surface area (Å²) < 4.78 is 5.19. The van der Waals surface area contributed by atoms with Crippen molar-refractivity contribution in [1.82, 2.24) is 15.1 Å². The summed E-state index contributed by atoms with van der Waals surface area (Å²) in [5.74, 6) is 0.710. The average molecular weight is 343 g/mol. The molecule has 2 heterocycles. The summed E-state index contributed by atoms with van der Waals surface area (Å²) in [5, 5.41) is 2.72. The Balaban J connectivity index is 1.54. The highest BCUT2D eigenvalue weighted by atomic mass is 16.5. The Morgan fingerprint density at radius 2 is 1.88 bits per heavy atom. The van der Waals surface area contributed by atoms with E-state index in [1.54, 1.807) is 21.0 Å². The third kappa shape index (κ3) is 3.69. The number of hydrogen-bond acceptors (Lipinski definition) is 4. The Kier molecular flexibility index (Phi) is 4.81. The number of methoxy groups -OCH3 is 1. The summed E-state index contributed by atoms with van der Waals surface area (Å²) >= 11 is 0. The van der Waals surface area contributed by atoms with E-state index >= 15 is 0 Å². The third-order valence-electron chi connectivity index (χ3n) is 4.84. The molecule has 0 aliphatic carbocycles. The van der Waals surface area contributed by atoms with Crippen molar-refractivity contribution >= 4 is 17.5 Å². The van der Waals surface area contributed by atoms with Crippen molar-refractivity contribution < 1.29 is 14.3 Å². The predicted molar refractivity (Wildman–Crippen MR) is 96.4 cm³/mol. The fourth-order valence-electron chi connectivity index (χ4n) is 3.24. The standard InChI is InChI=1S/C19H25N3O3/c1-19(2)17(23)22(18(24)20-19)13-12-21-10-8-15(9-11-21)14-4-6-16(25-3)7-5-14/h4-8H,9-13H2,1-3H3,(H,20,24). The van der Waals surface area contributed by atoms with E-state index in [0.717, 1.165) is 25.3 Å². The van der Waals surface area contributed by atoms with Gasteiger partial charge in [0.2, 0.25) is 0 Å². The molecule has 2 aliphatic rings. The van der Waals surface area contributed by atoms with Gasteiger partial charge in [0.15, 0.2) is 0 Å². The van der Waals surface area contributed by atoms with Gasteiger partial charge in [-0.3, -0.25) is 14.6 Å². The van der Waals surface area contributed by atoms with Crippen LogP contribution >= 0.6 is 0 Å². The van der Waals surface area contributed by atoms with Crippen LogP contribution in [0.25, 0.3) is 5.57 Å². The van der Waals surface area contributed by atoms with Crippen molar-refractivity contribution in [3.8, 4) is 5.75 Å². The lowest BCUT2D eigenvalue weighted by Gasteiger charge is -2.28. The van der Waals surface area contributed by atoms with Crippen molar-refractivity contribution in [2.24, 2.45) is 0 Å². The number of urea groups is 1.